The highest BCUT2D eigenvalue weighted by atomic mass is 32.2. The van der Waals surface area contributed by atoms with Crippen LogP contribution in [0.4, 0.5) is 34.1 Å². The molecule has 0 aliphatic carbocycles. The van der Waals surface area contributed by atoms with Gasteiger partial charge < -0.3 is 9.80 Å². The Labute approximate surface area is 356 Å². The molecule has 348 valence electrons. The Kier molecular flexibility index (Phi) is 23.6. The molecule has 1 aliphatic heterocycles. The summed E-state index contributed by atoms with van der Waals surface area (Å²) >= 11 is 0. The largest absolute Gasteiger partial charge is 0.308 e. The zero-order valence-electron chi connectivity index (χ0n) is 34.3. The van der Waals surface area contributed by atoms with Crippen LogP contribution in [0.2, 0.25) is 0 Å². The summed E-state index contributed by atoms with van der Waals surface area (Å²) in [5, 5.41) is 63.3. The second-order valence-corrected chi connectivity index (χ2v) is 16.8. The van der Waals surface area contributed by atoms with Crippen LogP contribution in [-0.2, 0) is 20.2 Å². The normalized spacial score (nSPS) is 13.0. The number of likely N-dealkylation sites (tertiary alicyclic amines) is 1. The zero-order chi connectivity index (χ0) is 47.2. The molecule has 0 unspecified atom stereocenters. The van der Waals surface area contributed by atoms with E-state index in [1.54, 1.807) is 0 Å². The van der Waals surface area contributed by atoms with Gasteiger partial charge in [-0.3, -0.25) is 69.8 Å². The molecule has 62 heavy (non-hydrogen) atoms. The number of hydrogen-bond donors (Lipinski definition) is 2. The van der Waals surface area contributed by atoms with Gasteiger partial charge in [0.2, 0.25) is 9.79 Å². The van der Waals surface area contributed by atoms with Crippen molar-refractivity contribution >= 4 is 54.4 Å². The van der Waals surface area contributed by atoms with Crippen molar-refractivity contribution in [3.63, 3.8) is 0 Å². The van der Waals surface area contributed by atoms with Crippen LogP contribution in [0, 0.1) is 60.7 Å². The van der Waals surface area contributed by atoms with Gasteiger partial charge in [-0.25, -0.2) is 0 Å². The monoisotopic (exact) mass is 924 g/mol. The van der Waals surface area contributed by atoms with E-state index in [2.05, 4.69) is 23.6 Å². The van der Waals surface area contributed by atoms with Gasteiger partial charge in [0.1, 0.15) is 0 Å². The Morgan fingerprint density at radius 3 is 1.08 bits per heavy atom. The van der Waals surface area contributed by atoms with Crippen molar-refractivity contribution in [2.24, 2.45) is 0 Å². The number of hydrogen-bond acceptors (Lipinski definition) is 18. The highest BCUT2D eigenvalue weighted by Crippen LogP contribution is 2.38. The molecule has 2 aromatic carbocycles. The fraction of sp³-hybridized carbons (Fsp3) is 0.647. The van der Waals surface area contributed by atoms with Gasteiger partial charge in [-0.1, -0.05) is 65.2 Å². The number of nitro groups is 6. The van der Waals surface area contributed by atoms with Gasteiger partial charge in [0.25, 0.3) is 11.4 Å². The van der Waals surface area contributed by atoms with Gasteiger partial charge in [-0.2, -0.15) is 16.8 Å². The van der Waals surface area contributed by atoms with E-state index in [0.717, 1.165) is 0 Å². The highest BCUT2D eigenvalue weighted by molar-refractivity contribution is 7.86. The molecule has 1 aliphatic rings. The molecule has 0 radical (unpaired) electrons. The number of piperidine rings is 1. The lowest BCUT2D eigenvalue weighted by atomic mass is 10.1. The quantitative estimate of drug-likeness (QED) is 0.0447. The van der Waals surface area contributed by atoms with E-state index >= 15 is 0 Å². The summed E-state index contributed by atoms with van der Waals surface area (Å²) in [6, 6.07) is 0.818. The molecule has 1 fully saturated rings. The molecule has 1 saturated heterocycles. The molecule has 0 amide bonds. The van der Waals surface area contributed by atoms with Gasteiger partial charge in [0.05, 0.1) is 53.8 Å². The molecule has 0 atom stereocenters. The minimum atomic E-state index is -5.30. The Morgan fingerprint density at radius 2 is 0.806 bits per heavy atom. The molecular formula is C34H52N8O18S2. The molecule has 1 heterocycles. The molecule has 28 heteroatoms. The van der Waals surface area contributed by atoms with Crippen LogP contribution in [0.25, 0.3) is 0 Å². The standard InChI is InChI=1S/C22H46N2.2C6H3N3O9S/c1-3-17-23(18-4-2)19-13-10-8-6-5-7-9-11-14-20-24-21-15-12-16-22-24;2*10-7(11)3-1-4(8(12)13)6(19(16,17)18)5(2-3)9(14)15/h3-22H2,1-2H3;2*1-2H,(H,16,17,18). The maximum Gasteiger partial charge on any atom is 0.308 e. The molecule has 2 N–H and O–H groups in total. The molecule has 0 saturated carbocycles. The lowest BCUT2D eigenvalue weighted by Crippen LogP contribution is -2.30. The topological polar surface area (TPSA) is 374 Å². The third kappa shape index (κ3) is 19.1. The first-order valence-electron chi connectivity index (χ1n) is 19.6. The summed E-state index contributed by atoms with van der Waals surface area (Å²) in [6.07, 6.45) is 20.0. The summed E-state index contributed by atoms with van der Waals surface area (Å²) in [6.45, 7) is 12.6. The van der Waals surface area contributed by atoms with Gasteiger partial charge in [-0.15, -0.1) is 0 Å². The summed E-state index contributed by atoms with van der Waals surface area (Å²) < 4.78 is 61.3. The lowest BCUT2D eigenvalue weighted by molar-refractivity contribution is -0.407. The van der Waals surface area contributed by atoms with Crippen molar-refractivity contribution in [2.75, 3.05) is 39.3 Å². The Bertz CT molecular complexity index is 1900. The fourth-order valence-electron chi connectivity index (χ4n) is 6.51. The Balaban J connectivity index is 0.000000470. The van der Waals surface area contributed by atoms with E-state index in [1.165, 1.54) is 129 Å². The van der Waals surface area contributed by atoms with Crippen molar-refractivity contribution < 1.29 is 55.5 Å². The SMILES string of the molecule is CCCN(CCC)CCCCCCCCCCCN1CCCCC1.O=[N+]([O-])c1cc([N+](=O)[O-])c(S(=O)(=O)O)c([N+](=O)[O-])c1.O=[N+]([O-])c1cc([N+](=O)[O-])c(S(=O)(=O)O)c([N+](=O)[O-])c1. The predicted octanol–water partition coefficient (Wildman–Crippen LogP) is 7.42. The Hall–Kier alpha value is -5.42. The number of rotatable bonds is 24. The minimum Gasteiger partial charge on any atom is -0.303 e. The molecular weight excluding hydrogens is 873 g/mol. The second-order valence-electron chi connectivity index (χ2n) is 14.0. The van der Waals surface area contributed by atoms with E-state index in [1.807, 2.05) is 0 Å². The summed E-state index contributed by atoms with van der Waals surface area (Å²) in [5.41, 5.74) is -7.92. The van der Waals surface area contributed by atoms with Gasteiger partial charge in [0.15, 0.2) is 0 Å². The number of non-ortho nitro benzene ring substituents is 2. The average molecular weight is 925 g/mol. The lowest BCUT2D eigenvalue weighted by Gasteiger charge is -2.26. The predicted molar refractivity (Wildman–Crippen MR) is 221 cm³/mol. The average Bonchev–Trinajstić information content (AvgIpc) is 3.19. The smallest absolute Gasteiger partial charge is 0.303 e. The molecule has 2 aromatic rings. The summed E-state index contributed by atoms with van der Waals surface area (Å²) in [7, 11) is -10.6. The van der Waals surface area contributed by atoms with Crippen LogP contribution in [0.5, 0.6) is 0 Å². The van der Waals surface area contributed by atoms with E-state index in [-0.39, 0.29) is 24.3 Å². The van der Waals surface area contributed by atoms with Gasteiger partial charge >= 0.3 is 43.0 Å². The second kappa shape index (κ2) is 26.8. The van der Waals surface area contributed by atoms with Crippen molar-refractivity contribution in [1.82, 2.24) is 9.80 Å². The van der Waals surface area contributed by atoms with E-state index in [4.69, 9.17) is 9.11 Å². The van der Waals surface area contributed by atoms with Crippen LogP contribution in [-0.4, -0.2) is 105 Å². The first-order chi connectivity index (χ1) is 29.0. The van der Waals surface area contributed by atoms with Crippen LogP contribution in [0.15, 0.2) is 34.1 Å². The summed E-state index contributed by atoms with van der Waals surface area (Å²) in [5.74, 6) is 0. The first-order valence-corrected chi connectivity index (χ1v) is 22.5. The van der Waals surface area contributed by atoms with E-state index in [9.17, 15) is 77.5 Å². The zero-order valence-corrected chi connectivity index (χ0v) is 35.9. The maximum absolute atomic E-state index is 10.9. The van der Waals surface area contributed by atoms with Gasteiger partial charge in [0, 0.05) is 0 Å². The van der Waals surface area contributed by atoms with Gasteiger partial charge in [-0.05, 0) is 77.8 Å². The number of benzene rings is 2. The third-order valence-corrected chi connectivity index (χ3v) is 11.1. The fourth-order valence-corrected chi connectivity index (χ4v) is 8.10. The van der Waals surface area contributed by atoms with Crippen LogP contribution >= 0.6 is 0 Å². The van der Waals surface area contributed by atoms with Crippen molar-refractivity contribution in [3.8, 4) is 0 Å². The van der Waals surface area contributed by atoms with Crippen molar-refractivity contribution in [3.05, 3.63) is 85.0 Å². The molecule has 0 bridgehead atoms. The summed E-state index contributed by atoms with van der Waals surface area (Å²) in [4.78, 5) is 57.6. The highest BCUT2D eigenvalue weighted by Gasteiger charge is 2.39. The third-order valence-electron chi connectivity index (χ3n) is 9.27. The molecule has 26 nitrogen and oxygen atoms in total. The molecule has 3 rings (SSSR count). The minimum absolute atomic E-state index is 0.204. The number of nitro benzene ring substituents is 6. The number of nitrogens with zero attached hydrogens (tertiary/aromatic N) is 8. The van der Waals surface area contributed by atoms with Crippen molar-refractivity contribution in [1.29, 1.82) is 0 Å². The molecule has 0 spiro atoms. The van der Waals surface area contributed by atoms with E-state index in [0.29, 0.717) is 0 Å². The van der Waals surface area contributed by atoms with Crippen LogP contribution in [0.3, 0.4) is 0 Å². The van der Waals surface area contributed by atoms with E-state index < -0.39 is 93.7 Å². The van der Waals surface area contributed by atoms with Crippen LogP contribution < -0.4 is 0 Å². The van der Waals surface area contributed by atoms with Crippen LogP contribution in [0.1, 0.15) is 104 Å². The Morgan fingerprint density at radius 1 is 0.500 bits per heavy atom. The number of unbranched alkanes of at least 4 members (excludes halogenated alkanes) is 8. The first kappa shape index (κ1) is 54.6. The molecule has 0 aromatic heterocycles. The maximum atomic E-state index is 10.9. The van der Waals surface area contributed by atoms with Crippen molar-refractivity contribution in [2.45, 2.75) is 114 Å².